The summed E-state index contributed by atoms with van der Waals surface area (Å²) in [6.07, 6.45) is 2.22. The van der Waals surface area contributed by atoms with Crippen LogP contribution in [0.2, 0.25) is 0 Å². The maximum absolute atomic E-state index is 13.0. The number of fused-ring (bicyclic) bond motifs is 1. The molecule has 2 aromatic heterocycles. The van der Waals surface area contributed by atoms with E-state index in [4.69, 9.17) is 11.6 Å². The summed E-state index contributed by atoms with van der Waals surface area (Å²) >= 11 is 0. The minimum Gasteiger partial charge on any atom is -0.390 e. The Labute approximate surface area is 147 Å². The van der Waals surface area contributed by atoms with Crippen LogP contribution in [0.5, 0.6) is 0 Å². The highest BCUT2D eigenvalue weighted by Crippen LogP contribution is 2.12. The van der Waals surface area contributed by atoms with E-state index in [1.807, 2.05) is 0 Å². The molecule has 0 aromatic carbocycles. The predicted molar refractivity (Wildman–Crippen MR) is 91.0 cm³/mol. The lowest BCUT2D eigenvalue weighted by molar-refractivity contribution is 0.0678. The molecule has 134 valence electrons. The fourth-order valence-electron chi connectivity index (χ4n) is 2.36. The Bertz CT molecular complexity index is 985. The molecule has 8 heteroatoms. The second kappa shape index (κ2) is 7.31. The summed E-state index contributed by atoms with van der Waals surface area (Å²) in [5.74, 6) is 0. The summed E-state index contributed by atoms with van der Waals surface area (Å²) in [4.78, 5) is 29.6. The fourth-order valence-corrected chi connectivity index (χ4v) is 2.36. The third-order valence-corrected chi connectivity index (χ3v) is 3.56. The molecule has 0 saturated carbocycles. The first kappa shape index (κ1) is 12.4. The first-order chi connectivity index (χ1) is 13.2. The van der Waals surface area contributed by atoms with Crippen LogP contribution in [-0.4, -0.2) is 36.0 Å². The zero-order valence-corrected chi connectivity index (χ0v) is 14.1. The number of imidazole rings is 1. The van der Waals surface area contributed by atoms with Crippen LogP contribution < -0.4 is 11.2 Å². The van der Waals surface area contributed by atoms with Crippen molar-refractivity contribution in [2.75, 3.05) is 6.61 Å². The van der Waals surface area contributed by atoms with Crippen LogP contribution in [0.1, 0.15) is 46.9 Å². The van der Waals surface area contributed by atoms with Gasteiger partial charge in [0.25, 0.3) is 5.56 Å². The van der Waals surface area contributed by atoms with E-state index in [1.165, 1.54) is 0 Å². The van der Waals surface area contributed by atoms with Crippen LogP contribution in [0.4, 0.5) is 0 Å². The third-order valence-electron chi connectivity index (χ3n) is 3.56. The van der Waals surface area contributed by atoms with Crippen LogP contribution in [0, 0.1) is 0 Å². The van der Waals surface area contributed by atoms with Crippen molar-refractivity contribution in [1.82, 2.24) is 18.7 Å². The van der Waals surface area contributed by atoms with E-state index < -0.39 is 36.2 Å². The number of aromatic nitrogens is 4. The molecule has 1 N–H and O–H groups in total. The van der Waals surface area contributed by atoms with Gasteiger partial charge in [-0.15, -0.1) is 0 Å². The van der Waals surface area contributed by atoms with Crippen molar-refractivity contribution in [2.45, 2.75) is 58.9 Å². The molecule has 0 aliphatic heterocycles. The van der Waals surface area contributed by atoms with Gasteiger partial charge in [0.1, 0.15) is 6.68 Å². The number of aryl methyl sites for hydroxylation is 1. The summed E-state index contributed by atoms with van der Waals surface area (Å²) in [6, 6.07) is 0. The molecule has 0 spiro atoms. The minimum absolute atomic E-state index is 0.00325. The minimum atomic E-state index is -2.92. The van der Waals surface area contributed by atoms with Gasteiger partial charge in [-0.1, -0.05) is 0 Å². The second-order valence-corrected chi connectivity index (χ2v) is 6.16. The number of nitrogens with zero attached hydrogens (tertiary/aromatic N) is 4. The van der Waals surface area contributed by atoms with Crippen LogP contribution >= 0.6 is 0 Å². The molecule has 0 amide bonds. The molecule has 0 atom stereocenters. The van der Waals surface area contributed by atoms with E-state index in [0.29, 0.717) is 23.8 Å². The van der Waals surface area contributed by atoms with Gasteiger partial charge in [-0.2, -0.15) is 0 Å². The van der Waals surface area contributed by atoms with Gasteiger partial charge in [-0.3, -0.25) is 13.9 Å². The highest BCUT2D eigenvalue weighted by atomic mass is 16.5. The van der Waals surface area contributed by atoms with Crippen molar-refractivity contribution in [3.8, 4) is 0 Å². The average molecular weight is 343 g/mol. The van der Waals surface area contributed by atoms with Crippen molar-refractivity contribution < 1.29 is 16.7 Å². The van der Waals surface area contributed by atoms with E-state index in [2.05, 4.69) is 4.98 Å². The number of aliphatic hydroxyl groups is 1. The molecule has 2 rings (SSSR count). The van der Waals surface area contributed by atoms with Gasteiger partial charge in [0.15, 0.2) is 11.2 Å². The normalized spacial score (nSPS) is 16.4. The van der Waals surface area contributed by atoms with Crippen LogP contribution in [0.3, 0.4) is 0 Å². The van der Waals surface area contributed by atoms with E-state index in [1.54, 1.807) is 20.8 Å². The SMILES string of the molecule is [2H]C([2H])([2H])n1c(=O)n(CCCCC(C)(C)O)c(=O)c2c1ncn2C([2H])([2H])OCC. The zero-order chi connectivity index (χ0) is 22.2. The predicted octanol–water partition coefficient (Wildman–Crippen LogP) is 0.832. The molecule has 0 radical (unpaired) electrons. The summed E-state index contributed by atoms with van der Waals surface area (Å²) in [5.41, 5.74) is -3.61. The number of rotatable bonds is 8. The molecule has 8 nitrogen and oxygen atoms in total. The molecule has 0 aliphatic carbocycles. The molecule has 2 aromatic rings. The van der Waals surface area contributed by atoms with Gasteiger partial charge in [0.05, 0.1) is 14.7 Å². The largest absolute Gasteiger partial charge is 0.390 e. The van der Waals surface area contributed by atoms with Gasteiger partial charge in [-0.25, -0.2) is 9.78 Å². The van der Waals surface area contributed by atoms with Gasteiger partial charge in [-0.05, 0) is 40.0 Å². The standard InChI is InChI=1S/C16H26N4O4/c1-5-24-11-19-10-17-13-12(19)14(21)20(15(22)18(13)4)9-7-6-8-16(2,3)23/h10,23H,5-9,11H2,1-4H3/i4D3,11D2. The fraction of sp³-hybridized carbons (Fsp3) is 0.688. The van der Waals surface area contributed by atoms with Crippen molar-refractivity contribution >= 4 is 11.2 Å². The summed E-state index contributed by atoms with van der Waals surface area (Å²) < 4.78 is 46.1. The van der Waals surface area contributed by atoms with Gasteiger partial charge >= 0.3 is 5.69 Å². The molecule has 0 fully saturated rings. The topological polar surface area (TPSA) is 91.3 Å². The highest BCUT2D eigenvalue weighted by molar-refractivity contribution is 5.69. The van der Waals surface area contributed by atoms with E-state index in [9.17, 15) is 14.7 Å². The first-order valence-corrected chi connectivity index (χ1v) is 7.81. The average Bonchev–Trinajstić information content (AvgIpc) is 2.97. The molecule has 0 aliphatic rings. The Hall–Kier alpha value is -1.93. The smallest absolute Gasteiger partial charge is 0.332 e. The molecule has 0 bridgehead atoms. The van der Waals surface area contributed by atoms with Gasteiger partial charge in [0, 0.05) is 24.2 Å². The highest BCUT2D eigenvalue weighted by Gasteiger charge is 2.16. The zero-order valence-electron chi connectivity index (χ0n) is 19.1. The van der Waals surface area contributed by atoms with Gasteiger partial charge in [0.2, 0.25) is 0 Å². The van der Waals surface area contributed by atoms with Crippen LogP contribution in [0.25, 0.3) is 11.2 Å². The first-order valence-electron chi connectivity index (χ1n) is 10.3. The number of hydrogen-bond acceptors (Lipinski definition) is 5. The monoisotopic (exact) mass is 343 g/mol. The van der Waals surface area contributed by atoms with Crippen molar-refractivity contribution in [1.29, 1.82) is 0 Å². The maximum Gasteiger partial charge on any atom is 0.332 e. The Balaban J connectivity index is 2.65. The lowest BCUT2D eigenvalue weighted by Crippen LogP contribution is -2.39. The molecule has 0 saturated heterocycles. The Kier molecular flexibility index (Phi) is 3.79. The Morgan fingerprint density at radius 1 is 1.42 bits per heavy atom. The number of ether oxygens (including phenoxy) is 1. The van der Waals surface area contributed by atoms with Gasteiger partial charge < -0.3 is 14.4 Å². The lowest BCUT2D eigenvalue weighted by atomic mass is 10.0. The summed E-state index contributed by atoms with van der Waals surface area (Å²) in [5, 5.41) is 9.79. The lowest BCUT2D eigenvalue weighted by Gasteiger charge is -2.16. The van der Waals surface area contributed by atoms with Crippen molar-refractivity contribution in [2.24, 2.45) is 6.98 Å². The molecule has 0 unspecified atom stereocenters. The third kappa shape index (κ3) is 3.93. The molecular weight excluding hydrogens is 312 g/mol. The van der Waals surface area contributed by atoms with E-state index in [-0.39, 0.29) is 18.7 Å². The quantitative estimate of drug-likeness (QED) is 0.717. The number of hydrogen-bond donors (Lipinski definition) is 1. The number of unbranched alkanes of at least 4 members (excludes halogenated alkanes) is 1. The van der Waals surface area contributed by atoms with E-state index in [0.717, 1.165) is 15.5 Å². The maximum atomic E-state index is 13.0. The molecule has 24 heavy (non-hydrogen) atoms. The Morgan fingerprint density at radius 3 is 2.79 bits per heavy atom. The van der Waals surface area contributed by atoms with Crippen LogP contribution in [-0.2, 0) is 24.9 Å². The second-order valence-electron chi connectivity index (χ2n) is 6.16. The van der Waals surface area contributed by atoms with Crippen LogP contribution in [0.15, 0.2) is 15.9 Å². The molecular formula is C16H26N4O4. The molecule has 2 heterocycles. The van der Waals surface area contributed by atoms with E-state index >= 15 is 0 Å². The van der Waals surface area contributed by atoms with Crippen molar-refractivity contribution in [3.63, 3.8) is 0 Å². The van der Waals surface area contributed by atoms with Crippen molar-refractivity contribution in [3.05, 3.63) is 27.2 Å². The summed E-state index contributed by atoms with van der Waals surface area (Å²) in [6.45, 7) is -0.619. The Morgan fingerprint density at radius 2 is 2.17 bits per heavy atom. The summed E-state index contributed by atoms with van der Waals surface area (Å²) in [7, 11) is 0.